The molecule has 0 aromatic heterocycles. The highest BCUT2D eigenvalue weighted by atomic mass is 16.5. The zero-order valence-corrected chi connectivity index (χ0v) is 12.4. The van der Waals surface area contributed by atoms with Gasteiger partial charge in [-0.3, -0.25) is 4.90 Å². The third-order valence-corrected chi connectivity index (χ3v) is 4.08. The van der Waals surface area contributed by atoms with Crippen LogP contribution in [0.15, 0.2) is 24.3 Å². The Morgan fingerprint density at radius 2 is 2.05 bits per heavy atom. The second-order valence-electron chi connectivity index (χ2n) is 6.54. The van der Waals surface area contributed by atoms with Crippen molar-refractivity contribution in [3.63, 3.8) is 0 Å². The predicted octanol–water partition coefficient (Wildman–Crippen LogP) is 3.02. The van der Waals surface area contributed by atoms with Gasteiger partial charge in [-0.25, -0.2) is 0 Å². The van der Waals surface area contributed by atoms with Crippen molar-refractivity contribution in [2.45, 2.75) is 27.2 Å². The molecule has 1 aromatic rings. The van der Waals surface area contributed by atoms with Gasteiger partial charge in [-0.2, -0.15) is 0 Å². The van der Waals surface area contributed by atoms with Gasteiger partial charge in [0.25, 0.3) is 0 Å². The van der Waals surface area contributed by atoms with Crippen LogP contribution in [0.4, 0.5) is 5.69 Å². The maximum absolute atomic E-state index is 5.86. The second-order valence-corrected chi connectivity index (χ2v) is 6.54. The monoisotopic (exact) mass is 262 g/mol. The Balaban J connectivity index is 1.74. The van der Waals surface area contributed by atoms with Crippen molar-refractivity contribution in [1.82, 2.24) is 4.90 Å². The van der Waals surface area contributed by atoms with Gasteiger partial charge in [0.2, 0.25) is 0 Å². The smallest absolute Gasteiger partial charge is 0.142 e. The number of anilines is 1. The lowest BCUT2D eigenvalue weighted by atomic mass is 9.80. The number of hydrogen-bond acceptors (Lipinski definition) is 3. The number of nitrogen functional groups attached to an aromatic ring is 1. The van der Waals surface area contributed by atoms with E-state index in [0.717, 1.165) is 23.9 Å². The zero-order chi connectivity index (χ0) is 13.9. The second kappa shape index (κ2) is 5.83. The third-order valence-electron chi connectivity index (χ3n) is 4.08. The third kappa shape index (κ3) is 3.87. The molecule has 19 heavy (non-hydrogen) atoms. The lowest BCUT2D eigenvalue weighted by Crippen LogP contribution is -2.29. The molecule has 1 aliphatic rings. The Bertz CT molecular complexity index is 411. The Kier molecular flexibility index (Phi) is 4.35. The predicted molar refractivity (Wildman–Crippen MR) is 80.4 cm³/mol. The van der Waals surface area contributed by atoms with Crippen molar-refractivity contribution < 1.29 is 4.74 Å². The molecular formula is C16H26N2O. The summed E-state index contributed by atoms with van der Waals surface area (Å²) in [5.41, 5.74) is 6.99. The van der Waals surface area contributed by atoms with Crippen LogP contribution in [0.1, 0.15) is 27.2 Å². The summed E-state index contributed by atoms with van der Waals surface area (Å²) in [6.07, 6.45) is 1.30. The Labute approximate surface area is 116 Å². The number of nitrogens with zero attached hydrogens (tertiary/aromatic N) is 1. The fraction of sp³-hybridized carbons (Fsp3) is 0.625. The summed E-state index contributed by atoms with van der Waals surface area (Å²) >= 11 is 0. The number of nitrogens with two attached hydrogens (primary N) is 1. The van der Waals surface area contributed by atoms with E-state index in [9.17, 15) is 0 Å². The summed E-state index contributed by atoms with van der Waals surface area (Å²) in [5, 5.41) is 0. The molecule has 1 atom stereocenters. The quantitative estimate of drug-likeness (QED) is 0.848. The summed E-state index contributed by atoms with van der Waals surface area (Å²) in [4.78, 5) is 2.50. The van der Waals surface area contributed by atoms with Gasteiger partial charge in [0.1, 0.15) is 12.4 Å². The highest BCUT2D eigenvalue weighted by Crippen LogP contribution is 2.33. The first kappa shape index (κ1) is 14.2. The fourth-order valence-corrected chi connectivity index (χ4v) is 2.64. The zero-order valence-electron chi connectivity index (χ0n) is 12.4. The molecule has 0 radical (unpaired) electrons. The van der Waals surface area contributed by atoms with E-state index in [1.54, 1.807) is 0 Å². The highest BCUT2D eigenvalue weighted by Gasteiger charge is 2.31. The molecule has 0 saturated carbocycles. The maximum atomic E-state index is 5.86. The topological polar surface area (TPSA) is 38.5 Å². The number of likely N-dealkylation sites (tertiary alicyclic amines) is 1. The van der Waals surface area contributed by atoms with Gasteiger partial charge >= 0.3 is 0 Å². The lowest BCUT2D eigenvalue weighted by Gasteiger charge is -2.27. The molecule has 1 unspecified atom stereocenters. The van der Waals surface area contributed by atoms with Crippen LogP contribution >= 0.6 is 0 Å². The van der Waals surface area contributed by atoms with E-state index in [4.69, 9.17) is 10.5 Å². The number of hydrogen-bond donors (Lipinski definition) is 1. The number of para-hydroxylation sites is 2. The van der Waals surface area contributed by atoms with Gasteiger partial charge in [-0.05, 0) is 36.4 Å². The van der Waals surface area contributed by atoms with Crippen molar-refractivity contribution in [1.29, 1.82) is 0 Å². The Morgan fingerprint density at radius 1 is 1.32 bits per heavy atom. The minimum Gasteiger partial charge on any atom is -0.490 e. The molecule has 1 aliphatic heterocycles. The molecule has 0 bridgehead atoms. The molecule has 1 saturated heterocycles. The Hall–Kier alpha value is -1.22. The van der Waals surface area contributed by atoms with Crippen molar-refractivity contribution in [2.75, 3.05) is 32.0 Å². The largest absolute Gasteiger partial charge is 0.490 e. The Morgan fingerprint density at radius 3 is 2.68 bits per heavy atom. The van der Waals surface area contributed by atoms with Crippen LogP contribution in [0.25, 0.3) is 0 Å². The molecule has 0 amide bonds. The average molecular weight is 262 g/mol. The first-order chi connectivity index (χ1) is 8.97. The van der Waals surface area contributed by atoms with Crippen molar-refractivity contribution in [3.8, 4) is 5.75 Å². The van der Waals surface area contributed by atoms with Crippen LogP contribution in [0, 0.1) is 11.3 Å². The molecule has 2 N–H and O–H groups in total. The first-order valence-corrected chi connectivity index (χ1v) is 7.16. The van der Waals surface area contributed by atoms with E-state index in [0.29, 0.717) is 12.0 Å². The normalized spacial score (nSPS) is 20.7. The van der Waals surface area contributed by atoms with E-state index in [-0.39, 0.29) is 0 Å². The van der Waals surface area contributed by atoms with E-state index in [1.807, 2.05) is 24.3 Å². The van der Waals surface area contributed by atoms with Gasteiger partial charge in [0.15, 0.2) is 0 Å². The van der Waals surface area contributed by atoms with Crippen LogP contribution in [0.5, 0.6) is 5.75 Å². The molecule has 3 heteroatoms. The average Bonchev–Trinajstić information content (AvgIpc) is 2.80. The lowest BCUT2D eigenvalue weighted by molar-refractivity contribution is 0.203. The van der Waals surface area contributed by atoms with Crippen molar-refractivity contribution in [3.05, 3.63) is 24.3 Å². The summed E-state index contributed by atoms with van der Waals surface area (Å²) in [6, 6.07) is 7.69. The summed E-state index contributed by atoms with van der Waals surface area (Å²) in [7, 11) is 0. The van der Waals surface area contributed by atoms with Gasteiger partial charge in [0, 0.05) is 13.1 Å². The van der Waals surface area contributed by atoms with Gasteiger partial charge in [0.05, 0.1) is 5.69 Å². The molecule has 1 aromatic carbocycles. The summed E-state index contributed by atoms with van der Waals surface area (Å²) in [6.45, 7) is 11.1. The maximum Gasteiger partial charge on any atom is 0.142 e. The molecule has 3 nitrogen and oxygen atoms in total. The van der Waals surface area contributed by atoms with Crippen LogP contribution in [-0.4, -0.2) is 31.1 Å². The SMILES string of the molecule is CC(C)(C)C1CCN(CCOc2ccccc2N)C1. The van der Waals surface area contributed by atoms with E-state index in [2.05, 4.69) is 25.7 Å². The van der Waals surface area contributed by atoms with Gasteiger partial charge < -0.3 is 10.5 Å². The standard InChI is InChI=1S/C16H26N2O/c1-16(2,3)13-8-9-18(12-13)10-11-19-15-7-5-4-6-14(15)17/h4-7,13H,8-12,17H2,1-3H3. The van der Waals surface area contributed by atoms with Crippen LogP contribution in [0.3, 0.4) is 0 Å². The summed E-state index contributed by atoms with van der Waals surface area (Å²) < 4.78 is 5.75. The van der Waals surface area contributed by atoms with Crippen LogP contribution in [0.2, 0.25) is 0 Å². The van der Waals surface area contributed by atoms with Crippen molar-refractivity contribution >= 4 is 5.69 Å². The van der Waals surface area contributed by atoms with Crippen LogP contribution < -0.4 is 10.5 Å². The molecule has 2 rings (SSSR count). The molecule has 1 heterocycles. The van der Waals surface area contributed by atoms with E-state index in [1.165, 1.54) is 19.5 Å². The first-order valence-electron chi connectivity index (χ1n) is 7.16. The number of rotatable bonds is 4. The van der Waals surface area contributed by atoms with Crippen molar-refractivity contribution in [2.24, 2.45) is 11.3 Å². The fourth-order valence-electron chi connectivity index (χ4n) is 2.64. The highest BCUT2D eigenvalue weighted by molar-refractivity contribution is 5.51. The van der Waals surface area contributed by atoms with Gasteiger partial charge in [-0.15, -0.1) is 0 Å². The van der Waals surface area contributed by atoms with E-state index >= 15 is 0 Å². The number of ether oxygens (including phenoxy) is 1. The molecule has 0 spiro atoms. The minimum atomic E-state index is 0.416. The molecular weight excluding hydrogens is 236 g/mol. The molecule has 0 aliphatic carbocycles. The molecule has 1 fully saturated rings. The minimum absolute atomic E-state index is 0.416. The van der Waals surface area contributed by atoms with Crippen LogP contribution in [-0.2, 0) is 0 Å². The van der Waals surface area contributed by atoms with E-state index < -0.39 is 0 Å². The van der Waals surface area contributed by atoms with Gasteiger partial charge in [-0.1, -0.05) is 32.9 Å². The molecule has 106 valence electrons. The summed E-state index contributed by atoms with van der Waals surface area (Å²) in [5.74, 6) is 1.60. The number of benzene rings is 1.